The van der Waals surface area contributed by atoms with Crippen LogP contribution in [0.5, 0.6) is 0 Å². The molecule has 0 N–H and O–H groups in total. The molecule has 1 saturated heterocycles. The Morgan fingerprint density at radius 1 is 1.54 bits per heavy atom. The Morgan fingerprint density at radius 2 is 2.15 bits per heavy atom. The number of epoxide rings is 1. The van der Waals surface area contributed by atoms with Gasteiger partial charge in [0.1, 0.15) is 0 Å². The van der Waals surface area contributed by atoms with Crippen molar-refractivity contribution in [3.05, 3.63) is 12.7 Å². The fourth-order valence-electron chi connectivity index (χ4n) is 1.52. The van der Waals surface area contributed by atoms with Crippen LogP contribution in [0, 0.1) is 0 Å². The average molecular weight is 199 g/mol. The topological polar surface area (TPSA) is 15.8 Å². The minimum Gasteiger partial charge on any atom is -0.372 e. The Morgan fingerprint density at radius 3 is 2.54 bits per heavy atom. The maximum absolute atomic E-state index is 5.24. The first-order valence-electron chi connectivity index (χ1n) is 4.96. The van der Waals surface area contributed by atoms with Gasteiger partial charge in [-0.15, -0.1) is 6.58 Å². The molecule has 1 heterocycles. The maximum Gasteiger partial charge on any atom is 0.0936 e. The second-order valence-corrected chi connectivity index (χ2v) is 10.4. The van der Waals surface area contributed by atoms with Crippen LogP contribution in [0.1, 0.15) is 0 Å². The Kier molecular flexibility index (Phi) is 3.70. The summed E-state index contributed by atoms with van der Waals surface area (Å²) in [4.78, 5) is 2.47. The molecule has 0 aromatic carbocycles. The van der Waals surface area contributed by atoms with Crippen LogP contribution in [-0.2, 0) is 4.74 Å². The summed E-state index contributed by atoms with van der Waals surface area (Å²) in [7, 11) is -0.974. The summed E-state index contributed by atoms with van der Waals surface area (Å²) in [5.41, 5.74) is 0. The van der Waals surface area contributed by atoms with E-state index in [0.29, 0.717) is 6.10 Å². The number of rotatable bonds is 6. The van der Waals surface area contributed by atoms with Crippen LogP contribution in [0.3, 0.4) is 0 Å². The summed E-state index contributed by atoms with van der Waals surface area (Å²) in [6, 6.07) is 0. The molecule has 1 aliphatic heterocycles. The minimum absolute atomic E-state index is 0.510. The second-order valence-electron chi connectivity index (χ2n) is 5.00. The van der Waals surface area contributed by atoms with Crippen molar-refractivity contribution in [1.29, 1.82) is 0 Å². The quantitative estimate of drug-likeness (QED) is 0.368. The van der Waals surface area contributed by atoms with Crippen molar-refractivity contribution in [1.82, 2.24) is 4.90 Å². The van der Waals surface area contributed by atoms with E-state index in [0.717, 1.165) is 19.7 Å². The third kappa shape index (κ3) is 5.24. The van der Waals surface area contributed by atoms with Crippen molar-refractivity contribution >= 4 is 8.07 Å². The zero-order valence-corrected chi connectivity index (χ0v) is 10.0. The summed E-state index contributed by atoms with van der Waals surface area (Å²) in [5.74, 6) is 0. The first-order valence-corrected chi connectivity index (χ1v) is 8.67. The van der Waals surface area contributed by atoms with Crippen molar-refractivity contribution in [3.63, 3.8) is 0 Å². The number of hydrogen-bond donors (Lipinski definition) is 0. The molecular weight excluding hydrogens is 178 g/mol. The van der Waals surface area contributed by atoms with E-state index in [2.05, 4.69) is 31.1 Å². The number of ether oxygens (including phenoxy) is 1. The normalized spacial score (nSPS) is 22.0. The maximum atomic E-state index is 5.24. The van der Waals surface area contributed by atoms with Gasteiger partial charge in [0.05, 0.1) is 20.8 Å². The zero-order valence-electron chi connectivity index (χ0n) is 9.05. The van der Waals surface area contributed by atoms with E-state index in [9.17, 15) is 0 Å². The Bertz CT molecular complexity index is 172. The van der Waals surface area contributed by atoms with E-state index in [1.807, 2.05) is 6.08 Å². The molecule has 0 bridgehead atoms. The first kappa shape index (κ1) is 11.0. The monoisotopic (exact) mass is 199 g/mol. The van der Waals surface area contributed by atoms with Gasteiger partial charge in [-0.2, -0.15) is 0 Å². The summed E-state index contributed by atoms with van der Waals surface area (Å²) in [5, 5.41) is 0. The van der Waals surface area contributed by atoms with Crippen molar-refractivity contribution < 1.29 is 4.74 Å². The van der Waals surface area contributed by atoms with Crippen LogP contribution in [0.25, 0.3) is 0 Å². The van der Waals surface area contributed by atoms with Crippen LogP contribution in [-0.4, -0.2) is 44.9 Å². The van der Waals surface area contributed by atoms with Crippen molar-refractivity contribution in [3.8, 4) is 0 Å². The molecule has 0 saturated carbocycles. The predicted octanol–water partition coefficient (Wildman–Crippen LogP) is 1.75. The lowest BCUT2D eigenvalue weighted by atomic mass is 10.4. The van der Waals surface area contributed by atoms with Crippen LogP contribution >= 0.6 is 0 Å². The van der Waals surface area contributed by atoms with Gasteiger partial charge in [0.25, 0.3) is 0 Å². The molecule has 13 heavy (non-hydrogen) atoms. The van der Waals surface area contributed by atoms with E-state index in [1.54, 1.807) is 0 Å². The fourth-order valence-corrected chi connectivity index (χ4v) is 3.12. The van der Waals surface area contributed by atoms with Crippen LogP contribution in [0.15, 0.2) is 12.7 Å². The highest BCUT2D eigenvalue weighted by molar-refractivity contribution is 6.76. The molecule has 1 fully saturated rings. The van der Waals surface area contributed by atoms with Crippen LogP contribution in [0.2, 0.25) is 19.6 Å². The largest absolute Gasteiger partial charge is 0.372 e. The molecule has 0 radical (unpaired) electrons. The average Bonchev–Trinajstić information content (AvgIpc) is 2.68. The molecule has 1 rings (SSSR count). The van der Waals surface area contributed by atoms with Crippen molar-refractivity contribution in [2.24, 2.45) is 0 Å². The van der Waals surface area contributed by atoms with Gasteiger partial charge in [-0.05, 0) is 6.17 Å². The lowest BCUT2D eigenvalue weighted by Crippen LogP contribution is -2.42. The molecule has 2 nitrogen and oxygen atoms in total. The third-order valence-corrected chi connectivity index (χ3v) is 3.35. The van der Waals surface area contributed by atoms with Gasteiger partial charge in [0.15, 0.2) is 0 Å². The van der Waals surface area contributed by atoms with Gasteiger partial charge in [-0.25, -0.2) is 0 Å². The zero-order chi connectivity index (χ0) is 9.90. The van der Waals surface area contributed by atoms with Gasteiger partial charge in [0, 0.05) is 13.1 Å². The molecule has 0 aromatic heterocycles. The highest BCUT2D eigenvalue weighted by Gasteiger charge is 2.27. The molecular formula is C10H21NOSi. The Balaban J connectivity index is 2.31. The highest BCUT2D eigenvalue weighted by Crippen LogP contribution is 2.13. The Labute approximate surface area is 82.6 Å². The summed E-state index contributed by atoms with van der Waals surface area (Å²) >= 11 is 0. The van der Waals surface area contributed by atoms with E-state index < -0.39 is 8.07 Å². The molecule has 0 spiro atoms. The van der Waals surface area contributed by atoms with Crippen molar-refractivity contribution in [2.75, 3.05) is 25.9 Å². The molecule has 1 aliphatic rings. The molecule has 0 aliphatic carbocycles. The molecule has 1 atom stereocenters. The van der Waals surface area contributed by atoms with Gasteiger partial charge in [0.2, 0.25) is 0 Å². The van der Waals surface area contributed by atoms with Crippen LogP contribution in [0.4, 0.5) is 0 Å². The molecule has 0 aromatic rings. The fraction of sp³-hybridized carbons (Fsp3) is 0.800. The standard InChI is InChI=1S/C10H21NOSi/c1-5-6-11(7-10-8-12-10)9-13(2,3)4/h5,10H,1,6-9H2,2-4H3. The molecule has 76 valence electrons. The van der Waals surface area contributed by atoms with E-state index >= 15 is 0 Å². The lowest BCUT2D eigenvalue weighted by molar-refractivity contribution is 0.290. The second kappa shape index (κ2) is 4.40. The predicted molar refractivity (Wildman–Crippen MR) is 59.7 cm³/mol. The van der Waals surface area contributed by atoms with Gasteiger partial charge in [-0.1, -0.05) is 25.7 Å². The number of hydrogen-bond acceptors (Lipinski definition) is 2. The van der Waals surface area contributed by atoms with Crippen molar-refractivity contribution in [2.45, 2.75) is 25.7 Å². The van der Waals surface area contributed by atoms with E-state index in [-0.39, 0.29) is 0 Å². The van der Waals surface area contributed by atoms with Crippen LogP contribution < -0.4 is 0 Å². The summed E-state index contributed by atoms with van der Waals surface area (Å²) in [6.07, 6.45) is 3.75. The van der Waals surface area contributed by atoms with E-state index in [1.165, 1.54) is 6.17 Å². The lowest BCUT2D eigenvalue weighted by Gasteiger charge is -2.27. The Hall–Kier alpha value is -0.123. The highest BCUT2D eigenvalue weighted by atomic mass is 28.3. The molecule has 3 heteroatoms. The third-order valence-electron chi connectivity index (χ3n) is 1.95. The summed E-state index contributed by atoms with van der Waals surface area (Å²) < 4.78 is 5.24. The van der Waals surface area contributed by atoms with Gasteiger partial charge < -0.3 is 4.74 Å². The summed E-state index contributed by atoms with van der Waals surface area (Å²) in [6.45, 7) is 14.0. The first-order chi connectivity index (χ1) is 6.01. The van der Waals surface area contributed by atoms with E-state index in [4.69, 9.17) is 4.74 Å². The number of nitrogens with zero attached hydrogens (tertiary/aromatic N) is 1. The minimum atomic E-state index is -0.974. The SMILES string of the molecule is C=CCN(CC1CO1)C[Si](C)(C)C. The molecule has 0 amide bonds. The van der Waals surface area contributed by atoms with Gasteiger partial charge >= 0.3 is 0 Å². The van der Waals surface area contributed by atoms with Gasteiger partial charge in [-0.3, -0.25) is 4.90 Å². The molecule has 1 unspecified atom stereocenters. The smallest absolute Gasteiger partial charge is 0.0936 e.